The number of morpholine rings is 1. The monoisotopic (exact) mass is 256 g/mol. The summed E-state index contributed by atoms with van der Waals surface area (Å²) in [6, 6.07) is 0. The minimum atomic E-state index is 0.249. The summed E-state index contributed by atoms with van der Waals surface area (Å²) in [5.74, 6) is 0. The number of rotatable bonds is 9. The van der Waals surface area contributed by atoms with Crippen LogP contribution in [-0.4, -0.2) is 57.0 Å². The molecule has 0 aromatic rings. The first-order chi connectivity index (χ1) is 8.72. The molecule has 18 heavy (non-hydrogen) atoms. The van der Waals surface area contributed by atoms with Crippen LogP contribution in [0.5, 0.6) is 0 Å². The molecule has 106 valence electrons. The van der Waals surface area contributed by atoms with E-state index in [0.29, 0.717) is 6.61 Å². The molecule has 0 aliphatic carbocycles. The summed E-state index contributed by atoms with van der Waals surface area (Å²) in [6.07, 6.45) is 2.47. The zero-order valence-corrected chi connectivity index (χ0v) is 11.9. The highest BCUT2D eigenvalue weighted by Gasteiger charge is 2.19. The summed E-state index contributed by atoms with van der Waals surface area (Å²) in [5.41, 5.74) is 1.01. The number of nitrogens with zero attached hydrogens (tertiary/aromatic N) is 1. The number of hydrogen-bond acceptors (Lipinski definition) is 4. The maximum absolute atomic E-state index is 5.70. The Bertz CT molecular complexity index is 232. The van der Waals surface area contributed by atoms with Gasteiger partial charge in [0.1, 0.15) is 0 Å². The summed E-state index contributed by atoms with van der Waals surface area (Å²) in [4.78, 5) is 2.46. The van der Waals surface area contributed by atoms with E-state index in [9.17, 15) is 0 Å². The van der Waals surface area contributed by atoms with Gasteiger partial charge in [-0.1, -0.05) is 13.5 Å². The number of hydrogen-bond donors (Lipinski definition) is 1. The lowest BCUT2D eigenvalue weighted by Gasteiger charge is -2.32. The molecule has 0 amide bonds. The van der Waals surface area contributed by atoms with Crippen LogP contribution in [0.25, 0.3) is 0 Å². The molecular weight excluding hydrogens is 228 g/mol. The molecule has 1 N–H and O–H groups in total. The van der Waals surface area contributed by atoms with Crippen molar-refractivity contribution in [2.75, 3.05) is 46.0 Å². The van der Waals surface area contributed by atoms with E-state index in [1.807, 2.05) is 6.92 Å². The highest BCUT2D eigenvalue weighted by Crippen LogP contribution is 2.06. The first kappa shape index (κ1) is 15.5. The van der Waals surface area contributed by atoms with Crippen molar-refractivity contribution in [3.8, 4) is 0 Å². The van der Waals surface area contributed by atoms with Gasteiger partial charge in [-0.25, -0.2) is 0 Å². The van der Waals surface area contributed by atoms with Gasteiger partial charge in [-0.15, -0.1) is 0 Å². The number of allylic oxidation sites excluding steroid dienone is 1. The quantitative estimate of drug-likeness (QED) is 0.636. The van der Waals surface area contributed by atoms with Crippen LogP contribution in [0.4, 0.5) is 0 Å². The minimum Gasteiger partial charge on any atom is -0.389 e. The SMILES string of the molecule is C=C(C)NCCCOC[C@@H]1CN(CCC)CCO1. The van der Waals surface area contributed by atoms with E-state index in [0.717, 1.165) is 45.0 Å². The molecule has 4 nitrogen and oxygen atoms in total. The van der Waals surface area contributed by atoms with E-state index < -0.39 is 0 Å². The molecule has 0 aromatic carbocycles. The molecule has 1 fully saturated rings. The summed E-state index contributed by atoms with van der Waals surface area (Å²) in [6.45, 7) is 14.5. The third-order valence-electron chi connectivity index (χ3n) is 2.96. The van der Waals surface area contributed by atoms with Crippen LogP contribution in [0.1, 0.15) is 26.7 Å². The van der Waals surface area contributed by atoms with Crippen molar-refractivity contribution in [2.24, 2.45) is 0 Å². The van der Waals surface area contributed by atoms with Gasteiger partial charge < -0.3 is 14.8 Å². The molecule has 0 unspecified atom stereocenters. The van der Waals surface area contributed by atoms with Crippen LogP contribution >= 0.6 is 0 Å². The summed E-state index contributed by atoms with van der Waals surface area (Å²) in [7, 11) is 0. The maximum Gasteiger partial charge on any atom is 0.0935 e. The molecule has 0 spiro atoms. The second kappa shape index (κ2) is 9.36. The van der Waals surface area contributed by atoms with Gasteiger partial charge in [-0.3, -0.25) is 4.90 Å². The molecule has 1 aliphatic rings. The molecule has 1 saturated heterocycles. The van der Waals surface area contributed by atoms with Crippen LogP contribution in [0.3, 0.4) is 0 Å². The Labute approximate surface area is 111 Å². The van der Waals surface area contributed by atoms with Gasteiger partial charge in [0.2, 0.25) is 0 Å². The van der Waals surface area contributed by atoms with Crippen LogP contribution < -0.4 is 5.32 Å². The van der Waals surface area contributed by atoms with Crippen molar-refractivity contribution in [1.82, 2.24) is 10.2 Å². The van der Waals surface area contributed by atoms with Crippen molar-refractivity contribution >= 4 is 0 Å². The molecular formula is C14H28N2O2. The van der Waals surface area contributed by atoms with Crippen molar-refractivity contribution in [3.05, 3.63) is 12.3 Å². The second-order valence-corrected chi connectivity index (χ2v) is 4.93. The third-order valence-corrected chi connectivity index (χ3v) is 2.96. The molecule has 4 heteroatoms. The van der Waals surface area contributed by atoms with E-state index >= 15 is 0 Å². The average Bonchev–Trinajstić information content (AvgIpc) is 2.34. The lowest BCUT2D eigenvalue weighted by molar-refractivity contribution is -0.0690. The first-order valence-corrected chi connectivity index (χ1v) is 7.03. The van der Waals surface area contributed by atoms with Crippen LogP contribution in [0.2, 0.25) is 0 Å². The summed E-state index contributed by atoms with van der Waals surface area (Å²) >= 11 is 0. The molecule has 1 heterocycles. The second-order valence-electron chi connectivity index (χ2n) is 4.93. The summed E-state index contributed by atoms with van der Waals surface area (Å²) < 4.78 is 11.4. The lowest BCUT2D eigenvalue weighted by atomic mass is 10.2. The number of ether oxygens (including phenoxy) is 2. The Balaban J connectivity index is 1.99. The maximum atomic E-state index is 5.70. The van der Waals surface area contributed by atoms with Gasteiger partial charge in [0, 0.05) is 31.9 Å². The minimum absolute atomic E-state index is 0.249. The molecule has 0 saturated carbocycles. The van der Waals surface area contributed by atoms with Crippen molar-refractivity contribution in [2.45, 2.75) is 32.8 Å². The Morgan fingerprint density at radius 1 is 1.56 bits per heavy atom. The zero-order valence-electron chi connectivity index (χ0n) is 11.9. The molecule has 1 aliphatic heterocycles. The van der Waals surface area contributed by atoms with Gasteiger partial charge in [-0.2, -0.15) is 0 Å². The predicted molar refractivity (Wildman–Crippen MR) is 74.7 cm³/mol. The van der Waals surface area contributed by atoms with Crippen molar-refractivity contribution in [3.63, 3.8) is 0 Å². The van der Waals surface area contributed by atoms with Crippen LogP contribution in [0, 0.1) is 0 Å². The molecule has 0 bridgehead atoms. The Kier molecular flexibility index (Phi) is 8.05. The highest BCUT2D eigenvalue weighted by atomic mass is 16.5. The van der Waals surface area contributed by atoms with E-state index in [2.05, 4.69) is 23.7 Å². The van der Waals surface area contributed by atoms with Gasteiger partial charge in [0.15, 0.2) is 0 Å². The summed E-state index contributed by atoms with van der Waals surface area (Å²) in [5, 5.41) is 3.19. The van der Waals surface area contributed by atoms with Crippen LogP contribution in [-0.2, 0) is 9.47 Å². The van der Waals surface area contributed by atoms with E-state index in [1.165, 1.54) is 13.0 Å². The predicted octanol–water partition coefficient (Wildman–Crippen LogP) is 1.63. The van der Waals surface area contributed by atoms with Gasteiger partial charge in [0.05, 0.1) is 19.3 Å². The first-order valence-electron chi connectivity index (χ1n) is 7.03. The average molecular weight is 256 g/mol. The molecule has 0 aromatic heterocycles. The fourth-order valence-electron chi connectivity index (χ4n) is 2.09. The molecule has 1 rings (SSSR count). The van der Waals surface area contributed by atoms with Crippen molar-refractivity contribution in [1.29, 1.82) is 0 Å². The smallest absolute Gasteiger partial charge is 0.0935 e. The van der Waals surface area contributed by atoms with E-state index in [4.69, 9.17) is 9.47 Å². The van der Waals surface area contributed by atoms with Crippen LogP contribution in [0.15, 0.2) is 12.3 Å². The fourth-order valence-corrected chi connectivity index (χ4v) is 2.09. The Hall–Kier alpha value is -0.580. The standard InChI is InChI=1S/C14H28N2O2/c1-4-7-16-8-10-18-14(11-16)12-17-9-5-6-15-13(2)3/h14-15H,2,4-12H2,1,3H3/t14-/m0/s1. The van der Waals surface area contributed by atoms with Gasteiger partial charge in [0.25, 0.3) is 0 Å². The van der Waals surface area contributed by atoms with E-state index in [1.54, 1.807) is 0 Å². The van der Waals surface area contributed by atoms with E-state index in [-0.39, 0.29) is 6.10 Å². The third kappa shape index (κ3) is 6.99. The highest BCUT2D eigenvalue weighted by molar-refractivity contribution is 4.83. The van der Waals surface area contributed by atoms with Gasteiger partial charge >= 0.3 is 0 Å². The molecule has 0 radical (unpaired) electrons. The van der Waals surface area contributed by atoms with Gasteiger partial charge in [-0.05, 0) is 26.3 Å². The zero-order chi connectivity index (χ0) is 13.2. The Morgan fingerprint density at radius 3 is 3.11 bits per heavy atom. The Morgan fingerprint density at radius 2 is 2.39 bits per heavy atom. The lowest BCUT2D eigenvalue weighted by Crippen LogP contribution is -2.44. The fraction of sp³-hybridized carbons (Fsp3) is 0.857. The van der Waals surface area contributed by atoms with Crippen molar-refractivity contribution < 1.29 is 9.47 Å². The largest absolute Gasteiger partial charge is 0.389 e. The number of nitrogens with one attached hydrogen (secondary N) is 1. The normalized spacial score (nSPS) is 20.9. The topological polar surface area (TPSA) is 33.7 Å². The molecule has 1 atom stereocenters.